The second-order valence-electron chi connectivity index (χ2n) is 8.06. The summed E-state index contributed by atoms with van der Waals surface area (Å²) in [7, 11) is 1.96. The fourth-order valence-corrected chi connectivity index (χ4v) is 5.13. The molecule has 0 saturated carbocycles. The topological polar surface area (TPSA) is 103 Å². The Balaban J connectivity index is 1.80. The maximum absolute atomic E-state index is 13.6. The molecular formula is C27H32N2O7S. The number of ether oxygens (including phenoxy) is 4. The summed E-state index contributed by atoms with van der Waals surface area (Å²) >= 11 is 0. The highest BCUT2D eigenvalue weighted by Crippen LogP contribution is 2.31. The summed E-state index contributed by atoms with van der Waals surface area (Å²) in [5.41, 5.74) is 1.74. The number of amides is 1. The van der Waals surface area contributed by atoms with Gasteiger partial charge in [0.15, 0.2) is 23.0 Å². The highest BCUT2D eigenvalue weighted by Gasteiger charge is 2.27. The molecule has 10 heteroatoms. The first-order chi connectivity index (χ1) is 17.8. The SMILES string of the molecule is COc1ccc(CNC(=O)CN(CCc2ccccc2)S(=O)(=O)c2ccc(OC)c(OC)c2)cc1OC. The second-order valence-corrected chi connectivity index (χ2v) is 9.99. The second kappa shape index (κ2) is 13.0. The van der Waals surface area contributed by atoms with Gasteiger partial charge in [0, 0.05) is 19.2 Å². The first kappa shape index (κ1) is 27.8. The van der Waals surface area contributed by atoms with Gasteiger partial charge in [-0.05, 0) is 41.8 Å². The number of hydrogen-bond donors (Lipinski definition) is 1. The summed E-state index contributed by atoms with van der Waals surface area (Å²) in [5, 5.41) is 2.79. The molecule has 3 rings (SSSR count). The molecule has 0 unspecified atom stereocenters. The minimum Gasteiger partial charge on any atom is -0.493 e. The molecule has 0 bridgehead atoms. The van der Waals surface area contributed by atoms with Gasteiger partial charge in [-0.15, -0.1) is 0 Å². The van der Waals surface area contributed by atoms with Crippen LogP contribution >= 0.6 is 0 Å². The number of hydrogen-bond acceptors (Lipinski definition) is 7. The largest absolute Gasteiger partial charge is 0.493 e. The van der Waals surface area contributed by atoms with E-state index in [0.717, 1.165) is 11.1 Å². The van der Waals surface area contributed by atoms with Crippen LogP contribution in [0, 0.1) is 0 Å². The highest BCUT2D eigenvalue weighted by atomic mass is 32.2. The monoisotopic (exact) mass is 528 g/mol. The average molecular weight is 529 g/mol. The number of sulfonamides is 1. The number of carbonyl (C=O) groups is 1. The molecule has 0 aromatic heterocycles. The normalized spacial score (nSPS) is 11.2. The summed E-state index contributed by atoms with van der Waals surface area (Å²) in [6.45, 7) is -0.0383. The van der Waals surface area contributed by atoms with Gasteiger partial charge in [-0.1, -0.05) is 36.4 Å². The molecule has 0 atom stereocenters. The van der Waals surface area contributed by atoms with Gasteiger partial charge in [0.05, 0.1) is 39.9 Å². The van der Waals surface area contributed by atoms with E-state index in [1.807, 2.05) is 30.3 Å². The fraction of sp³-hybridized carbons (Fsp3) is 0.296. The lowest BCUT2D eigenvalue weighted by molar-refractivity contribution is -0.121. The Morgan fingerprint density at radius 1 is 0.757 bits per heavy atom. The van der Waals surface area contributed by atoms with Gasteiger partial charge >= 0.3 is 0 Å². The van der Waals surface area contributed by atoms with Gasteiger partial charge in [0.25, 0.3) is 0 Å². The minimum absolute atomic E-state index is 0.00547. The van der Waals surface area contributed by atoms with Gasteiger partial charge < -0.3 is 24.3 Å². The quantitative estimate of drug-likeness (QED) is 0.363. The van der Waals surface area contributed by atoms with Crippen molar-refractivity contribution in [2.45, 2.75) is 17.9 Å². The maximum Gasteiger partial charge on any atom is 0.243 e. The molecule has 3 aromatic carbocycles. The third-order valence-corrected chi connectivity index (χ3v) is 7.58. The van der Waals surface area contributed by atoms with Crippen LogP contribution in [0.15, 0.2) is 71.6 Å². The van der Waals surface area contributed by atoms with Crippen molar-refractivity contribution in [3.05, 3.63) is 77.9 Å². The third-order valence-electron chi connectivity index (χ3n) is 5.74. The van der Waals surface area contributed by atoms with Crippen LogP contribution in [0.1, 0.15) is 11.1 Å². The van der Waals surface area contributed by atoms with Crippen molar-refractivity contribution < 1.29 is 32.2 Å². The smallest absolute Gasteiger partial charge is 0.243 e. The first-order valence-corrected chi connectivity index (χ1v) is 13.0. The van der Waals surface area contributed by atoms with E-state index in [-0.39, 0.29) is 30.3 Å². The third kappa shape index (κ3) is 7.14. The Morgan fingerprint density at radius 2 is 1.35 bits per heavy atom. The Labute approximate surface area is 218 Å². The van der Waals surface area contributed by atoms with Crippen molar-refractivity contribution in [2.24, 2.45) is 0 Å². The van der Waals surface area contributed by atoms with E-state index >= 15 is 0 Å². The number of carbonyl (C=O) groups excluding carboxylic acids is 1. The number of rotatable bonds is 13. The first-order valence-electron chi connectivity index (χ1n) is 11.6. The van der Waals surface area contributed by atoms with Crippen LogP contribution in [-0.4, -0.2) is 60.2 Å². The van der Waals surface area contributed by atoms with E-state index in [4.69, 9.17) is 18.9 Å². The standard InChI is InChI=1S/C27H32N2O7S/c1-33-23-12-10-21(16-25(23)35-3)18-28-27(30)19-29(15-14-20-8-6-5-7-9-20)37(31,32)22-11-13-24(34-2)26(17-22)36-4/h5-13,16-17H,14-15,18-19H2,1-4H3,(H,28,30). The Kier molecular flexibility index (Phi) is 9.76. The molecule has 9 nitrogen and oxygen atoms in total. The van der Waals surface area contributed by atoms with Crippen molar-refractivity contribution >= 4 is 15.9 Å². The van der Waals surface area contributed by atoms with Crippen molar-refractivity contribution in [2.75, 3.05) is 41.5 Å². The fourth-order valence-electron chi connectivity index (χ4n) is 3.72. The maximum atomic E-state index is 13.6. The Bertz CT molecular complexity index is 1300. The van der Waals surface area contributed by atoms with E-state index < -0.39 is 15.9 Å². The molecule has 1 amide bonds. The van der Waals surface area contributed by atoms with Gasteiger partial charge in [-0.3, -0.25) is 4.79 Å². The molecule has 37 heavy (non-hydrogen) atoms. The summed E-state index contributed by atoms with van der Waals surface area (Å²) in [6.07, 6.45) is 0.441. The molecule has 1 N–H and O–H groups in total. The highest BCUT2D eigenvalue weighted by molar-refractivity contribution is 7.89. The zero-order valence-corrected chi connectivity index (χ0v) is 22.2. The summed E-state index contributed by atoms with van der Waals surface area (Å²) < 4.78 is 49.4. The Morgan fingerprint density at radius 3 is 1.97 bits per heavy atom. The van der Waals surface area contributed by atoms with Crippen molar-refractivity contribution in [1.29, 1.82) is 0 Å². The van der Waals surface area contributed by atoms with E-state index in [1.54, 1.807) is 25.3 Å². The van der Waals surface area contributed by atoms with Crippen LogP contribution in [0.3, 0.4) is 0 Å². The lowest BCUT2D eigenvalue weighted by Gasteiger charge is -2.22. The molecule has 0 aliphatic carbocycles. The van der Waals surface area contributed by atoms with Crippen LogP contribution in [0.2, 0.25) is 0 Å². The number of nitrogens with one attached hydrogen (secondary N) is 1. The van der Waals surface area contributed by atoms with Crippen molar-refractivity contribution in [3.8, 4) is 23.0 Å². The number of nitrogens with zero attached hydrogens (tertiary/aromatic N) is 1. The van der Waals surface area contributed by atoms with E-state index in [0.29, 0.717) is 23.7 Å². The molecule has 0 saturated heterocycles. The van der Waals surface area contributed by atoms with Gasteiger partial charge in [-0.25, -0.2) is 8.42 Å². The van der Waals surface area contributed by atoms with Crippen molar-refractivity contribution in [3.63, 3.8) is 0 Å². The predicted molar refractivity (Wildman–Crippen MR) is 140 cm³/mol. The molecule has 0 spiro atoms. The summed E-state index contributed by atoms with van der Waals surface area (Å²) in [6, 6.07) is 19.2. The molecule has 0 fully saturated rings. The molecule has 0 heterocycles. The number of methoxy groups -OCH3 is 4. The van der Waals surface area contributed by atoms with E-state index in [2.05, 4.69) is 5.32 Å². The summed E-state index contributed by atoms with van der Waals surface area (Å²) in [4.78, 5) is 12.9. The van der Waals surface area contributed by atoms with Gasteiger partial charge in [0.2, 0.25) is 15.9 Å². The lowest BCUT2D eigenvalue weighted by atomic mass is 10.1. The van der Waals surface area contributed by atoms with Gasteiger partial charge in [-0.2, -0.15) is 4.31 Å². The van der Waals surface area contributed by atoms with Crippen LogP contribution in [0.4, 0.5) is 0 Å². The van der Waals surface area contributed by atoms with Crippen LogP contribution in [0.25, 0.3) is 0 Å². The molecule has 0 aliphatic rings. The van der Waals surface area contributed by atoms with Crippen LogP contribution < -0.4 is 24.3 Å². The van der Waals surface area contributed by atoms with E-state index in [9.17, 15) is 13.2 Å². The van der Waals surface area contributed by atoms with E-state index in [1.165, 1.54) is 43.8 Å². The molecule has 3 aromatic rings. The lowest BCUT2D eigenvalue weighted by Crippen LogP contribution is -2.41. The molecular weight excluding hydrogens is 496 g/mol. The zero-order chi connectivity index (χ0) is 26.8. The molecule has 0 radical (unpaired) electrons. The van der Waals surface area contributed by atoms with Crippen LogP contribution in [-0.2, 0) is 27.8 Å². The average Bonchev–Trinajstić information content (AvgIpc) is 2.93. The van der Waals surface area contributed by atoms with Crippen LogP contribution in [0.5, 0.6) is 23.0 Å². The molecule has 198 valence electrons. The number of benzene rings is 3. The minimum atomic E-state index is -4.03. The van der Waals surface area contributed by atoms with Gasteiger partial charge in [0.1, 0.15) is 0 Å². The molecule has 0 aliphatic heterocycles. The predicted octanol–water partition coefficient (Wildman–Crippen LogP) is 3.27. The Hall–Kier alpha value is -3.76. The van der Waals surface area contributed by atoms with Crippen molar-refractivity contribution in [1.82, 2.24) is 9.62 Å². The summed E-state index contributed by atoms with van der Waals surface area (Å²) in [5.74, 6) is 1.36. The zero-order valence-electron chi connectivity index (χ0n) is 21.4.